The SMILES string of the molecule is CC1CCCCN1CCCN1CC[C@@H](c2ccc(F)cc2)[C@H](COc2ccc3c(c2)OCO3)C1.Cl.Cl. The molecule has 0 spiro atoms. The summed E-state index contributed by atoms with van der Waals surface area (Å²) in [7, 11) is 0. The Morgan fingerprint density at radius 1 is 0.944 bits per heavy atom. The fraction of sp³-hybridized carbons (Fsp3) is 0.571. The Morgan fingerprint density at radius 3 is 2.56 bits per heavy atom. The van der Waals surface area contributed by atoms with Gasteiger partial charge in [-0.15, -0.1) is 24.8 Å². The van der Waals surface area contributed by atoms with E-state index in [9.17, 15) is 4.39 Å². The van der Waals surface area contributed by atoms with Crippen LogP contribution in [-0.4, -0.2) is 62.0 Å². The average molecular weight is 542 g/mol. The molecule has 3 heterocycles. The number of fused-ring (bicyclic) bond motifs is 1. The van der Waals surface area contributed by atoms with E-state index in [1.54, 1.807) is 12.1 Å². The summed E-state index contributed by atoms with van der Waals surface area (Å²) in [6, 6.07) is 13.5. The number of likely N-dealkylation sites (tertiary alicyclic amines) is 2. The normalized spacial score (nSPS) is 24.0. The van der Waals surface area contributed by atoms with E-state index in [0.717, 1.165) is 49.3 Å². The molecule has 1 unspecified atom stereocenters. The van der Waals surface area contributed by atoms with Crippen LogP contribution in [0.2, 0.25) is 0 Å². The smallest absolute Gasteiger partial charge is 0.231 e. The van der Waals surface area contributed by atoms with E-state index in [1.165, 1.54) is 44.3 Å². The molecule has 0 bridgehead atoms. The van der Waals surface area contributed by atoms with Gasteiger partial charge in [0.05, 0.1) is 6.61 Å². The zero-order valence-corrected chi connectivity index (χ0v) is 22.7. The summed E-state index contributed by atoms with van der Waals surface area (Å²) >= 11 is 0. The molecule has 5 rings (SSSR count). The number of hydrogen-bond acceptors (Lipinski definition) is 5. The number of rotatable bonds is 8. The summed E-state index contributed by atoms with van der Waals surface area (Å²) in [6.07, 6.45) is 6.33. The highest BCUT2D eigenvalue weighted by atomic mass is 35.5. The first-order valence-electron chi connectivity index (χ1n) is 12.9. The second-order valence-electron chi connectivity index (χ2n) is 10.1. The molecule has 2 saturated heterocycles. The van der Waals surface area contributed by atoms with Crippen LogP contribution in [0.5, 0.6) is 17.2 Å². The highest BCUT2D eigenvalue weighted by Crippen LogP contribution is 2.37. The molecule has 0 N–H and O–H groups in total. The molecule has 0 radical (unpaired) electrons. The van der Waals surface area contributed by atoms with Crippen molar-refractivity contribution < 1.29 is 18.6 Å². The van der Waals surface area contributed by atoms with Crippen LogP contribution in [0, 0.1) is 11.7 Å². The molecule has 0 amide bonds. The first kappa shape index (κ1) is 28.8. The van der Waals surface area contributed by atoms with E-state index in [0.29, 0.717) is 18.4 Å². The molecule has 2 fully saturated rings. The van der Waals surface area contributed by atoms with Gasteiger partial charge in [-0.1, -0.05) is 18.6 Å². The maximum Gasteiger partial charge on any atom is 0.231 e. The van der Waals surface area contributed by atoms with E-state index in [4.69, 9.17) is 14.2 Å². The first-order chi connectivity index (χ1) is 16.7. The maximum absolute atomic E-state index is 13.6. The molecule has 3 aliphatic heterocycles. The Morgan fingerprint density at radius 2 is 1.75 bits per heavy atom. The van der Waals surface area contributed by atoms with Gasteiger partial charge in [-0.25, -0.2) is 4.39 Å². The van der Waals surface area contributed by atoms with Crippen LogP contribution in [0.1, 0.15) is 50.5 Å². The van der Waals surface area contributed by atoms with Crippen molar-refractivity contribution >= 4 is 24.8 Å². The van der Waals surface area contributed by atoms with E-state index < -0.39 is 0 Å². The number of nitrogens with zero attached hydrogens (tertiary/aromatic N) is 2. The third kappa shape index (κ3) is 7.18. The Bertz CT molecular complexity index is 949. The van der Waals surface area contributed by atoms with Gasteiger partial charge < -0.3 is 24.0 Å². The summed E-state index contributed by atoms with van der Waals surface area (Å²) in [5, 5.41) is 0. The molecular weight excluding hydrogens is 502 g/mol. The molecule has 3 aliphatic rings. The summed E-state index contributed by atoms with van der Waals surface area (Å²) in [4.78, 5) is 5.26. The van der Waals surface area contributed by atoms with Crippen molar-refractivity contribution in [2.45, 2.75) is 51.0 Å². The topological polar surface area (TPSA) is 34.2 Å². The number of ether oxygens (including phenoxy) is 3. The summed E-state index contributed by atoms with van der Waals surface area (Å²) < 4.78 is 30.7. The van der Waals surface area contributed by atoms with Gasteiger partial charge in [0.15, 0.2) is 11.5 Å². The molecule has 36 heavy (non-hydrogen) atoms. The lowest BCUT2D eigenvalue weighted by Gasteiger charge is -2.39. The molecule has 2 aromatic carbocycles. The quantitative estimate of drug-likeness (QED) is 0.401. The lowest BCUT2D eigenvalue weighted by atomic mass is 9.80. The summed E-state index contributed by atoms with van der Waals surface area (Å²) in [5.41, 5.74) is 1.21. The van der Waals surface area contributed by atoms with Gasteiger partial charge in [-0.05, 0) is 94.5 Å². The molecule has 0 saturated carbocycles. The average Bonchev–Trinajstić information content (AvgIpc) is 3.33. The van der Waals surface area contributed by atoms with E-state index in [1.807, 2.05) is 30.3 Å². The third-order valence-corrected chi connectivity index (χ3v) is 7.78. The second-order valence-corrected chi connectivity index (χ2v) is 10.1. The number of halogens is 3. The van der Waals surface area contributed by atoms with E-state index in [-0.39, 0.29) is 37.4 Å². The van der Waals surface area contributed by atoms with Gasteiger partial charge in [0.25, 0.3) is 0 Å². The molecule has 8 heteroatoms. The zero-order valence-electron chi connectivity index (χ0n) is 21.1. The maximum atomic E-state index is 13.6. The standard InChI is InChI=1S/C28H37FN2O3.2ClH/c1-21-5-2-3-14-31(21)15-4-13-30-16-12-26(22-6-8-24(29)9-7-22)23(18-30)19-32-25-10-11-27-28(17-25)34-20-33-27;;/h6-11,17,21,23,26H,2-5,12-16,18-20H2,1H3;2*1H/t21?,23-,26-;;/m0../s1. The van der Waals surface area contributed by atoms with E-state index >= 15 is 0 Å². The monoisotopic (exact) mass is 540 g/mol. The lowest BCUT2D eigenvalue weighted by molar-refractivity contribution is 0.100. The number of piperidine rings is 2. The van der Waals surface area contributed by atoms with E-state index in [2.05, 4.69) is 16.7 Å². The van der Waals surface area contributed by atoms with Crippen LogP contribution >= 0.6 is 24.8 Å². The van der Waals surface area contributed by atoms with Crippen molar-refractivity contribution in [2.75, 3.05) is 46.1 Å². The fourth-order valence-corrected chi connectivity index (χ4v) is 5.79. The van der Waals surface area contributed by atoms with Crippen molar-refractivity contribution in [2.24, 2.45) is 5.92 Å². The lowest BCUT2D eigenvalue weighted by Crippen LogP contribution is -2.44. The van der Waals surface area contributed by atoms with Crippen molar-refractivity contribution in [3.8, 4) is 17.2 Å². The Kier molecular flexibility index (Phi) is 11.0. The van der Waals surface area contributed by atoms with Crippen LogP contribution in [0.25, 0.3) is 0 Å². The Balaban J connectivity index is 0.00000180. The van der Waals surface area contributed by atoms with Crippen LogP contribution in [0.4, 0.5) is 4.39 Å². The predicted molar refractivity (Wildman–Crippen MR) is 146 cm³/mol. The van der Waals surface area contributed by atoms with Crippen LogP contribution in [-0.2, 0) is 0 Å². The van der Waals surface area contributed by atoms with Crippen LogP contribution in [0.3, 0.4) is 0 Å². The molecule has 200 valence electrons. The van der Waals surface area contributed by atoms with Gasteiger partial charge in [0.2, 0.25) is 6.79 Å². The second kappa shape index (κ2) is 13.7. The molecule has 0 aromatic heterocycles. The minimum atomic E-state index is -0.179. The summed E-state index contributed by atoms with van der Waals surface area (Å²) in [6.45, 7) is 8.91. The molecule has 0 aliphatic carbocycles. The largest absolute Gasteiger partial charge is 0.493 e. The zero-order chi connectivity index (χ0) is 23.3. The highest BCUT2D eigenvalue weighted by molar-refractivity contribution is 5.85. The third-order valence-electron chi connectivity index (χ3n) is 7.78. The van der Waals surface area contributed by atoms with Gasteiger partial charge in [0, 0.05) is 24.6 Å². The van der Waals surface area contributed by atoms with Gasteiger partial charge in [-0.3, -0.25) is 0 Å². The number of benzene rings is 2. The first-order valence-corrected chi connectivity index (χ1v) is 12.9. The van der Waals surface area contributed by atoms with Crippen LogP contribution < -0.4 is 14.2 Å². The van der Waals surface area contributed by atoms with Crippen molar-refractivity contribution in [1.29, 1.82) is 0 Å². The fourth-order valence-electron chi connectivity index (χ4n) is 5.79. The number of hydrogen-bond donors (Lipinski definition) is 0. The minimum absolute atomic E-state index is 0. The van der Waals surface area contributed by atoms with Gasteiger partial charge in [-0.2, -0.15) is 0 Å². The van der Waals surface area contributed by atoms with Gasteiger partial charge >= 0.3 is 0 Å². The van der Waals surface area contributed by atoms with Gasteiger partial charge in [0.1, 0.15) is 11.6 Å². The van der Waals surface area contributed by atoms with Crippen molar-refractivity contribution in [3.05, 3.63) is 53.8 Å². The molecule has 3 atom stereocenters. The van der Waals surface area contributed by atoms with Crippen molar-refractivity contribution in [1.82, 2.24) is 9.80 Å². The molecule has 2 aromatic rings. The van der Waals surface area contributed by atoms with Crippen molar-refractivity contribution in [3.63, 3.8) is 0 Å². The Hall–Kier alpha value is -1.73. The van der Waals surface area contributed by atoms with Crippen LogP contribution in [0.15, 0.2) is 42.5 Å². The summed E-state index contributed by atoms with van der Waals surface area (Å²) in [5.74, 6) is 2.85. The highest BCUT2D eigenvalue weighted by Gasteiger charge is 2.31. The molecular formula is C28H39Cl2FN2O3. The minimum Gasteiger partial charge on any atom is -0.493 e. The molecule has 5 nitrogen and oxygen atoms in total. The Labute approximate surface area is 227 Å². The predicted octanol–water partition coefficient (Wildman–Crippen LogP) is 6.15.